The highest BCUT2D eigenvalue weighted by Crippen LogP contribution is 2.18. The molecule has 158 valence electrons. The lowest BCUT2D eigenvalue weighted by Crippen LogP contribution is -2.30. The second-order valence-corrected chi connectivity index (χ2v) is 8.96. The van der Waals surface area contributed by atoms with Gasteiger partial charge in [0.15, 0.2) is 6.61 Å². The fourth-order valence-corrected chi connectivity index (χ4v) is 4.30. The standard InChI is InChI=1S/C22H30N2O4S/c1-5-24(6-2)29(26,27)21-13-7-18(8-14-21)15-23-22(25)16-28-20-11-9-19(10-12-20)17(3)4/h7-14,17H,5-6,15-16H2,1-4H3,(H,23,25). The summed E-state index contributed by atoms with van der Waals surface area (Å²) >= 11 is 0. The van der Waals surface area contributed by atoms with Crippen LogP contribution in [0.25, 0.3) is 0 Å². The Labute approximate surface area is 173 Å². The van der Waals surface area contributed by atoms with Gasteiger partial charge in [0.25, 0.3) is 5.91 Å². The summed E-state index contributed by atoms with van der Waals surface area (Å²) < 4.78 is 31.9. The molecule has 1 amide bonds. The first-order valence-corrected chi connectivity index (χ1v) is 11.3. The van der Waals surface area contributed by atoms with E-state index in [0.717, 1.165) is 5.56 Å². The van der Waals surface area contributed by atoms with Crippen LogP contribution in [-0.4, -0.2) is 38.3 Å². The van der Waals surface area contributed by atoms with Crippen LogP contribution in [0.2, 0.25) is 0 Å². The van der Waals surface area contributed by atoms with E-state index in [9.17, 15) is 13.2 Å². The Morgan fingerprint density at radius 2 is 1.59 bits per heavy atom. The van der Waals surface area contributed by atoms with Crippen molar-refractivity contribution in [2.75, 3.05) is 19.7 Å². The molecule has 0 heterocycles. The molecule has 0 spiro atoms. The van der Waals surface area contributed by atoms with E-state index < -0.39 is 10.0 Å². The van der Waals surface area contributed by atoms with Crippen LogP contribution in [0.5, 0.6) is 5.75 Å². The lowest BCUT2D eigenvalue weighted by molar-refractivity contribution is -0.123. The van der Waals surface area contributed by atoms with Gasteiger partial charge in [-0.15, -0.1) is 0 Å². The second kappa shape index (κ2) is 10.4. The highest BCUT2D eigenvalue weighted by Gasteiger charge is 2.21. The van der Waals surface area contributed by atoms with Gasteiger partial charge < -0.3 is 10.1 Å². The highest BCUT2D eigenvalue weighted by atomic mass is 32.2. The van der Waals surface area contributed by atoms with Crippen molar-refractivity contribution in [3.63, 3.8) is 0 Å². The Kier molecular flexibility index (Phi) is 8.22. The second-order valence-electron chi connectivity index (χ2n) is 7.02. The van der Waals surface area contributed by atoms with Crippen molar-refractivity contribution in [3.8, 4) is 5.75 Å². The smallest absolute Gasteiger partial charge is 0.258 e. The summed E-state index contributed by atoms with van der Waals surface area (Å²) in [6, 6.07) is 14.3. The molecule has 0 aromatic heterocycles. The summed E-state index contributed by atoms with van der Waals surface area (Å²) in [6.45, 7) is 8.95. The number of sulfonamides is 1. The Balaban J connectivity index is 1.85. The van der Waals surface area contributed by atoms with Crippen LogP contribution in [0.1, 0.15) is 44.7 Å². The van der Waals surface area contributed by atoms with Gasteiger partial charge in [-0.2, -0.15) is 4.31 Å². The number of amides is 1. The molecule has 0 saturated carbocycles. The number of ether oxygens (including phenoxy) is 1. The van der Waals surface area contributed by atoms with E-state index >= 15 is 0 Å². The van der Waals surface area contributed by atoms with Crippen LogP contribution in [0.3, 0.4) is 0 Å². The molecule has 0 bridgehead atoms. The predicted molar refractivity (Wildman–Crippen MR) is 114 cm³/mol. The zero-order chi connectivity index (χ0) is 21.4. The zero-order valence-corrected chi connectivity index (χ0v) is 18.3. The van der Waals surface area contributed by atoms with Crippen molar-refractivity contribution in [3.05, 3.63) is 59.7 Å². The van der Waals surface area contributed by atoms with E-state index in [1.54, 1.807) is 24.3 Å². The molecule has 29 heavy (non-hydrogen) atoms. The van der Waals surface area contributed by atoms with Crippen LogP contribution in [0.15, 0.2) is 53.4 Å². The molecule has 0 atom stereocenters. The van der Waals surface area contributed by atoms with Gasteiger partial charge in [-0.25, -0.2) is 8.42 Å². The minimum atomic E-state index is -3.47. The molecule has 2 rings (SSSR count). The van der Waals surface area contributed by atoms with Crippen LogP contribution in [0, 0.1) is 0 Å². The average molecular weight is 419 g/mol. The molecule has 0 aliphatic carbocycles. The summed E-state index contributed by atoms with van der Waals surface area (Å²) in [4.78, 5) is 12.3. The fraction of sp³-hybridized carbons (Fsp3) is 0.409. The van der Waals surface area contributed by atoms with Crippen molar-refractivity contribution in [2.45, 2.75) is 45.1 Å². The third-order valence-corrected chi connectivity index (χ3v) is 6.74. The number of benzene rings is 2. The summed E-state index contributed by atoms with van der Waals surface area (Å²) in [5.41, 5.74) is 2.03. The number of nitrogens with zero attached hydrogens (tertiary/aromatic N) is 1. The Morgan fingerprint density at radius 1 is 1.00 bits per heavy atom. The summed E-state index contributed by atoms with van der Waals surface area (Å²) in [5.74, 6) is 0.856. The number of rotatable bonds is 10. The molecule has 7 heteroatoms. The molecule has 0 aliphatic rings. The molecule has 0 unspecified atom stereocenters. The molecular formula is C22H30N2O4S. The Bertz CT molecular complexity index is 887. The quantitative estimate of drug-likeness (QED) is 0.640. The van der Waals surface area contributed by atoms with Crippen molar-refractivity contribution in [2.24, 2.45) is 0 Å². The topological polar surface area (TPSA) is 75.7 Å². The Morgan fingerprint density at radius 3 is 2.10 bits per heavy atom. The number of carbonyl (C=O) groups is 1. The van der Waals surface area contributed by atoms with Gasteiger partial charge in [0.05, 0.1) is 4.90 Å². The molecule has 0 saturated heterocycles. The van der Waals surface area contributed by atoms with E-state index in [1.165, 1.54) is 9.87 Å². The maximum Gasteiger partial charge on any atom is 0.258 e. The van der Waals surface area contributed by atoms with Gasteiger partial charge in [0.2, 0.25) is 10.0 Å². The van der Waals surface area contributed by atoms with Crippen molar-refractivity contribution in [1.82, 2.24) is 9.62 Å². The summed E-state index contributed by atoms with van der Waals surface area (Å²) in [7, 11) is -3.47. The molecule has 6 nitrogen and oxygen atoms in total. The monoisotopic (exact) mass is 418 g/mol. The van der Waals surface area contributed by atoms with Crippen molar-refractivity contribution < 1.29 is 17.9 Å². The van der Waals surface area contributed by atoms with E-state index in [0.29, 0.717) is 31.3 Å². The van der Waals surface area contributed by atoms with Crippen LogP contribution in [0.4, 0.5) is 0 Å². The summed E-state index contributed by atoms with van der Waals surface area (Å²) in [6.07, 6.45) is 0. The normalized spacial score (nSPS) is 11.7. The highest BCUT2D eigenvalue weighted by molar-refractivity contribution is 7.89. The fourth-order valence-electron chi connectivity index (χ4n) is 2.84. The molecule has 2 aromatic rings. The summed E-state index contributed by atoms with van der Waals surface area (Å²) in [5, 5.41) is 2.78. The van der Waals surface area contributed by atoms with Gasteiger partial charge in [-0.05, 0) is 41.3 Å². The first-order valence-electron chi connectivity index (χ1n) is 9.86. The number of carbonyl (C=O) groups excluding carboxylic acids is 1. The molecule has 1 N–H and O–H groups in total. The minimum absolute atomic E-state index is 0.0740. The zero-order valence-electron chi connectivity index (χ0n) is 17.5. The van der Waals surface area contributed by atoms with Crippen molar-refractivity contribution >= 4 is 15.9 Å². The lowest BCUT2D eigenvalue weighted by Gasteiger charge is -2.18. The van der Waals surface area contributed by atoms with Crippen LogP contribution >= 0.6 is 0 Å². The lowest BCUT2D eigenvalue weighted by atomic mass is 10.0. The molecule has 0 aliphatic heterocycles. The third-order valence-electron chi connectivity index (χ3n) is 4.67. The SMILES string of the molecule is CCN(CC)S(=O)(=O)c1ccc(CNC(=O)COc2ccc(C(C)C)cc2)cc1. The molecular weight excluding hydrogens is 388 g/mol. The first-order chi connectivity index (χ1) is 13.8. The van der Waals surface area contributed by atoms with Gasteiger partial charge in [-0.3, -0.25) is 4.79 Å². The van der Waals surface area contributed by atoms with Gasteiger partial charge in [-0.1, -0.05) is 52.0 Å². The molecule has 0 radical (unpaired) electrons. The van der Waals surface area contributed by atoms with Crippen LogP contribution in [-0.2, 0) is 21.4 Å². The Hall–Kier alpha value is -2.38. The molecule has 2 aromatic carbocycles. The van der Waals surface area contributed by atoms with E-state index in [2.05, 4.69) is 19.2 Å². The van der Waals surface area contributed by atoms with Crippen LogP contribution < -0.4 is 10.1 Å². The van der Waals surface area contributed by atoms with Gasteiger partial charge in [0.1, 0.15) is 5.75 Å². The van der Waals surface area contributed by atoms with E-state index in [-0.39, 0.29) is 17.4 Å². The van der Waals surface area contributed by atoms with Gasteiger partial charge >= 0.3 is 0 Å². The third kappa shape index (κ3) is 6.30. The average Bonchev–Trinajstić information content (AvgIpc) is 2.72. The first kappa shape index (κ1) is 22.9. The number of hydrogen-bond donors (Lipinski definition) is 1. The number of nitrogens with one attached hydrogen (secondary N) is 1. The number of hydrogen-bond acceptors (Lipinski definition) is 4. The predicted octanol–water partition coefficient (Wildman–Crippen LogP) is 3.54. The molecule has 0 fully saturated rings. The maximum atomic E-state index is 12.5. The maximum absolute atomic E-state index is 12.5. The van der Waals surface area contributed by atoms with E-state index in [4.69, 9.17) is 4.74 Å². The minimum Gasteiger partial charge on any atom is -0.484 e. The van der Waals surface area contributed by atoms with Crippen molar-refractivity contribution in [1.29, 1.82) is 0 Å². The largest absolute Gasteiger partial charge is 0.484 e. The van der Waals surface area contributed by atoms with E-state index in [1.807, 2.05) is 38.1 Å². The van der Waals surface area contributed by atoms with Gasteiger partial charge in [0, 0.05) is 19.6 Å².